The van der Waals surface area contributed by atoms with Crippen molar-refractivity contribution >= 4 is 21.9 Å². The maximum atomic E-state index is 10.9. The van der Waals surface area contributed by atoms with Crippen molar-refractivity contribution in [1.82, 2.24) is 19.7 Å². The smallest absolute Gasteiger partial charge is 0.323 e. The van der Waals surface area contributed by atoms with Crippen LogP contribution in [0.25, 0.3) is 0 Å². The molecule has 10 heteroatoms. The summed E-state index contributed by atoms with van der Waals surface area (Å²) < 4.78 is 29.4. The highest BCUT2D eigenvalue weighted by molar-refractivity contribution is 7.88. The van der Waals surface area contributed by atoms with Crippen molar-refractivity contribution < 1.29 is 13.2 Å². The molecule has 1 aromatic heterocycles. The third-order valence-electron chi connectivity index (χ3n) is 1.97. The Morgan fingerprint density at radius 2 is 1.95 bits per heavy atom. The van der Waals surface area contributed by atoms with Crippen molar-refractivity contribution in [2.24, 2.45) is 0 Å². The lowest BCUT2D eigenvalue weighted by Crippen LogP contribution is -2.24. The second kappa shape index (κ2) is 7.20. The molecule has 0 bridgehead atoms. The van der Waals surface area contributed by atoms with Crippen LogP contribution in [0.2, 0.25) is 0 Å². The number of rotatable bonds is 8. The van der Waals surface area contributed by atoms with Crippen LogP contribution < -0.4 is 20.5 Å². The first-order chi connectivity index (χ1) is 9.26. The lowest BCUT2D eigenvalue weighted by Gasteiger charge is -2.10. The molecule has 20 heavy (non-hydrogen) atoms. The number of sulfonamides is 1. The molecule has 0 unspecified atom stereocenters. The molecule has 9 nitrogen and oxygen atoms in total. The molecular weight excluding hydrogens is 284 g/mol. The molecule has 0 fully saturated rings. The van der Waals surface area contributed by atoms with Gasteiger partial charge in [-0.25, -0.2) is 13.1 Å². The van der Waals surface area contributed by atoms with E-state index in [9.17, 15) is 8.42 Å². The molecule has 0 aromatic carbocycles. The molecule has 114 valence electrons. The highest BCUT2D eigenvalue weighted by Gasteiger charge is 2.07. The zero-order valence-corrected chi connectivity index (χ0v) is 12.6. The summed E-state index contributed by atoms with van der Waals surface area (Å²) >= 11 is 0. The van der Waals surface area contributed by atoms with Gasteiger partial charge in [0.05, 0.1) is 12.4 Å². The largest absolute Gasteiger partial charge is 0.461 e. The van der Waals surface area contributed by atoms with E-state index >= 15 is 0 Å². The fourth-order valence-corrected chi connectivity index (χ4v) is 1.78. The summed E-state index contributed by atoms with van der Waals surface area (Å²) in [6, 6.07) is 0.157. The minimum absolute atomic E-state index is 0.0624. The minimum atomic E-state index is -3.16. The number of nitrogens with two attached hydrogens (primary N) is 1. The second-order valence-electron chi connectivity index (χ2n) is 4.41. The molecule has 0 aliphatic carbocycles. The van der Waals surface area contributed by atoms with Crippen molar-refractivity contribution in [2.45, 2.75) is 26.4 Å². The zero-order chi connectivity index (χ0) is 15.2. The van der Waals surface area contributed by atoms with E-state index in [0.29, 0.717) is 25.5 Å². The lowest BCUT2D eigenvalue weighted by molar-refractivity contribution is 0.222. The van der Waals surface area contributed by atoms with E-state index < -0.39 is 10.0 Å². The van der Waals surface area contributed by atoms with Crippen molar-refractivity contribution in [2.75, 3.05) is 30.4 Å². The molecule has 0 aliphatic heterocycles. The predicted octanol–water partition coefficient (Wildman–Crippen LogP) is -0.408. The molecule has 1 rings (SSSR count). The van der Waals surface area contributed by atoms with Crippen molar-refractivity contribution in [3.8, 4) is 6.01 Å². The number of nitrogen functional groups attached to an aromatic ring is 1. The van der Waals surface area contributed by atoms with E-state index in [1.165, 1.54) is 0 Å². The Kier molecular flexibility index (Phi) is 5.89. The van der Waals surface area contributed by atoms with Gasteiger partial charge in [0.25, 0.3) is 0 Å². The van der Waals surface area contributed by atoms with Crippen LogP contribution in [0.5, 0.6) is 6.01 Å². The van der Waals surface area contributed by atoms with Crippen LogP contribution in [0, 0.1) is 0 Å². The van der Waals surface area contributed by atoms with Crippen LogP contribution in [-0.2, 0) is 10.0 Å². The van der Waals surface area contributed by atoms with Gasteiger partial charge >= 0.3 is 6.01 Å². The maximum Gasteiger partial charge on any atom is 0.323 e. The number of hydrogen-bond acceptors (Lipinski definition) is 8. The third-order valence-corrected chi connectivity index (χ3v) is 2.70. The van der Waals surface area contributed by atoms with E-state index in [4.69, 9.17) is 10.5 Å². The molecular formula is C10H20N6O3S. The van der Waals surface area contributed by atoms with Gasteiger partial charge < -0.3 is 15.8 Å². The van der Waals surface area contributed by atoms with Gasteiger partial charge in [-0.1, -0.05) is 0 Å². The normalized spacial score (nSPS) is 11.6. The Labute approximate surface area is 118 Å². The van der Waals surface area contributed by atoms with Gasteiger partial charge in [-0.3, -0.25) is 0 Å². The Morgan fingerprint density at radius 3 is 2.55 bits per heavy atom. The van der Waals surface area contributed by atoms with Gasteiger partial charge in [0.2, 0.25) is 21.9 Å². The summed E-state index contributed by atoms with van der Waals surface area (Å²) in [5, 5.41) is 2.93. The molecule has 0 amide bonds. The van der Waals surface area contributed by atoms with Gasteiger partial charge in [0, 0.05) is 13.1 Å². The van der Waals surface area contributed by atoms with Crippen LogP contribution in [0.15, 0.2) is 0 Å². The van der Waals surface area contributed by atoms with Crippen molar-refractivity contribution in [1.29, 1.82) is 0 Å². The number of hydrogen-bond donors (Lipinski definition) is 3. The average Bonchev–Trinajstić information content (AvgIpc) is 2.25. The van der Waals surface area contributed by atoms with E-state index in [-0.39, 0.29) is 18.1 Å². The summed E-state index contributed by atoms with van der Waals surface area (Å²) in [5.74, 6) is 0.361. The molecule has 1 aromatic rings. The molecule has 0 radical (unpaired) electrons. The van der Waals surface area contributed by atoms with Crippen LogP contribution in [0.1, 0.15) is 20.3 Å². The fraction of sp³-hybridized carbons (Fsp3) is 0.700. The molecule has 0 saturated carbocycles. The third kappa shape index (κ3) is 7.04. The topological polar surface area (TPSA) is 132 Å². The fourth-order valence-electron chi connectivity index (χ4n) is 1.26. The Bertz CT molecular complexity index is 534. The Hall–Kier alpha value is -1.68. The average molecular weight is 304 g/mol. The van der Waals surface area contributed by atoms with Gasteiger partial charge in [0.15, 0.2) is 0 Å². The summed E-state index contributed by atoms with van der Waals surface area (Å²) in [6.45, 7) is 4.53. The van der Waals surface area contributed by atoms with E-state index in [1.807, 2.05) is 13.8 Å². The van der Waals surface area contributed by atoms with Gasteiger partial charge in [-0.2, -0.15) is 15.0 Å². The number of nitrogens with one attached hydrogen (secondary N) is 2. The van der Waals surface area contributed by atoms with E-state index in [1.54, 1.807) is 0 Å². The van der Waals surface area contributed by atoms with E-state index in [0.717, 1.165) is 6.26 Å². The Morgan fingerprint density at radius 1 is 1.25 bits per heavy atom. The highest BCUT2D eigenvalue weighted by Crippen LogP contribution is 2.10. The predicted molar refractivity (Wildman–Crippen MR) is 76.0 cm³/mol. The SMILES string of the molecule is CC(C)Oc1nc(N)nc(NCCCNS(C)(=O)=O)n1. The standard InChI is InChI=1S/C10H20N6O3S/c1-7(2)19-10-15-8(11)14-9(16-10)12-5-4-6-13-20(3,17)18/h7,13H,4-6H2,1-3H3,(H3,11,12,14,15,16). The summed E-state index contributed by atoms with van der Waals surface area (Å²) in [5.41, 5.74) is 5.55. The minimum Gasteiger partial charge on any atom is -0.461 e. The first-order valence-corrected chi connectivity index (χ1v) is 8.02. The summed E-state index contributed by atoms with van der Waals surface area (Å²) in [7, 11) is -3.16. The summed E-state index contributed by atoms with van der Waals surface area (Å²) in [6.07, 6.45) is 1.63. The summed E-state index contributed by atoms with van der Waals surface area (Å²) in [4.78, 5) is 11.8. The molecule has 1 heterocycles. The number of ether oxygens (including phenoxy) is 1. The highest BCUT2D eigenvalue weighted by atomic mass is 32.2. The van der Waals surface area contributed by atoms with Crippen LogP contribution in [0.3, 0.4) is 0 Å². The molecule has 0 aliphatic rings. The molecule has 0 atom stereocenters. The molecule has 4 N–H and O–H groups in total. The number of aromatic nitrogens is 3. The first-order valence-electron chi connectivity index (χ1n) is 6.13. The monoisotopic (exact) mass is 304 g/mol. The molecule has 0 spiro atoms. The quantitative estimate of drug-likeness (QED) is 0.552. The van der Waals surface area contributed by atoms with Crippen molar-refractivity contribution in [3.05, 3.63) is 0 Å². The first kappa shape index (κ1) is 16.4. The van der Waals surface area contributed by atoms with Crippen LogP contribution in [-0.4, -0.2) is 48.8 Å². The number of nitrogens with zero attached hydrogens (tertiary/aromatic N) is 3. The number of anilines is 2. The van der Waals surface area contributed by atoms with E-state index in [2.05, 4.69) is 25.0 Å². The second-order valence-corrected chi connectivity index (χ2v) is 6.25. The van der Waals surface area contributed by atoms with Crippen LogP contribution in [0.4, 0.5) is 11.9 Å². The lowest BCUT2D eigenvalue weighted by atomic mass is 10.4. The van der Waals surface area contributed by atoms with Gasteiger partial charge in [0.1, 0.15) is 0 Å². The van der Waals surface area contributed by atoms with Crippen molar-refractivity contribution in [3.63, 3.8) is 0 Å². The van der Waals surface area contributed by atoms with Gasteiger partial charge in [-0.15, -0.1) is 0 Å². The Balaban J connectivity index is 2.45. The van der Waals surface area contributed by atoms with Gasteiger partial charge in [-0.05, 0) is 20.3 Å². The molecule has 0 saturated heterocycles. The van der Waals surface area contributed by atoms with Crippen LogP contribution >= 0.6 is 0 Å². The zero-order valence-electron chi connectivity index (χ0n) is 11.8. The maximum absolute atomic E-state index is 10.9.